The predicted octanol–water partition coefficient (Wildman–Crippen LogP) is 4.60. The first-order valence-electron chi connectivity index (χ1n) is 5.51. The monoisotopic (exact) mass is 269 g/mol. The summed E-state index contributed by atoms with van der Waals surface area (Å²) in [4.78, 5) is 0. The van der Waals surface area contributed by atoms with Crippen LogP contribution in [0.2, 0.25) is 0 Å². The van der Waals surface area contributed by atoms with Gasteiger partial charge in [-0.1, -0.05) is 19.9 Å². The molecule has 0 aliphatic heterocycles. The minimum absolute atomic E-state index is 0.517. The zero-order chi connectivity index (χ0) is 11.4. The molecule has 1 N–H and O–H groups in total. The SMILES string of the molecule is Cc1ccc(Br)c(NC(C)CC(C)C)c1. The Morgan fingerprint density at radius 2 is 1.93 bits per heavy atom. The summed E-state index contributed by atoms with van der Waals surface area (Å²) in [7, 11) is 0. The zero-order valence-electron chi connectivity index (χ0n) is 9.97. The highest BCUT2D eigenvalue weighted by Crippen LogP contribution is 2.24. The molecule has 2 heteroatoms. The molecule has 0 aliphatic rings. The van der Waals surface area contributed by atoms with Crippen LogP contribution in [0, 0.1) is 12.8 Å². The Balaban J connectivity index is 2.67. The average Bonchev–Trinajstić information content (AvgIpc) is 2.10. The van der Waals surface area contributed by atoms with Gasteiger partial charge in [-0.2, -0.15) is 0 Å². The quantitative estimate of drug-likeness (QED) is 0.842. The van der Waals surface area contributed by atoms with E-state index < -0.39 is 0 Å². The molecule has 0 amide bonds. The van der Waals surface area contributed by atoms with Crippen LogP contribution >= 0.6 is 15.9 Å². The molecule has 0 aromatic heterocycles. The van der Waals surface area contributed by atoms with Crippen molar-refractivity contribution < 1.29 is 0 Å². The molecule has 0 aliphatic carbocycles. The highest BCUT2D eigenvalue weighted by atomic mass is 79.9. The fourth-order valence-electron chi connectivity index (χ4n) is 1.78. The minimum Gasteiger partial charge on any atom is -0.382 e. The lowest BCUT2D eigenvalue weighted by atomic mass is 10.0. The van der Waals surface area contributed by atoms with Gasteiger partial charge in [0.25, 0.3) is 0 Å². The maximum absolute atomic E-state index is 3.56. The molecule has 1 unspecified atom stereocenters. The number of benzene rings is 1. The Bertz CT molecular complexity index is 320. The lowest BCUT2D eigenvalue weighted by Gasteiger charge is -2.18. The topological polar surface area (TPSA) is 12.0 Å². The molecule has 15 heavy (non-hydrogen) atoms. The van der Waals surface area contributed by atoms with Crippen LogP contribution in [0.4, 0.5) is 5.69 Å². The van der Waals surface area contributed by atoms with E-state index in [1.165, 1.54) is 17.7 Å². The zero-order valence-corrected chi connectivity index (χ0v) is 11.6. The molecule has 0 radical (unpaired) electrons. The van der Waals surface area contributed by atoms with Gasteiger partial charge in [0.15, 0.2) is 0 Å². The van der Waals surface area contributed by atoms with Crippen LogP contribution in [0.1, 0.15) is 32.8 Å². The summed E-state index contributed by atoms with van der Waals surface area (Å²) in [6.45, 7) is 8.85. The Hall–Kier alpha value is -0.500. The van der Waals surface area contributed by atoms with Crippen LogP contribution in [-0.2, 0) is 0 Å². The molecular formula is C13H20BrN. The van der Waals surface area contributed by atoms with Gasteiger partial charge < -0.3 is 5.32 Å². The maximum atomic E-state index is 3.56. The van der Waals surface area contributed by atoms with Crippen LogP contribution in [0.5, 0.6) is 0 Å². The number of nitrogens with one attached hydrogen (secondary N) is 1. The molecule has 0 bridgehead atoms. The van der Waals surface area contributed by atoms with Crippen molar-refractivity contribution in [2.24, 2.45) is 5.92 Å². The largest absolute Gasteiger partial charge is 0.382 e. The average molecular weight is 270 g/mol. The summed E-state index contributed by atoms with van der Waals surface area (Å²) in [5, 5.41) is 3.54. The maximum Gasteiger partial charge on any atom is 0.0489 e. The third-order valence-electron chi connectivity index (χ3n) is 2.35. The third kappa shape index (κ3) is 4.25. The van der Waals surface area contributed by atoms with Crippen LogP contribution in [0.15, 0.2) is 22.7 Å². The van der Waals surface area contributed by atoms with Gasteiger partial charge in [0.05, 0.1) is 0 Å². The van der Waals surface area contributed by atoms with Crippen LogP contribution in [0.25, 0.3) is 0 Å². The molecule has 0 saturated carbocycles. The first-order chi connectivity index (χ1) is 6.99. The Labute approximate surface area is 101 Å². The van der Waals surface area contributed by atoms with E-state index in [1.54, 1.807) is 0 Å². The van der Waals surface area contributed by atoms with E-state index in [9.17, 15) is 0 Å². The van der Waals surface area contributed by atoms with E-state index in [2.05, 4.69) is 67.1 Å². The van der Waals surface area contributed by atoms with E-state index in [-0.39, 0.29) is 0 Å². The lowest BCUT2D eigenvalue weighted by molar-refractivity contribution is 0.539. The smallest absolute Gasteiger partial charge is 0.0489 e. The van der Waals surface area contributed by atoms with Crippen LogP contribution in [-0.4, -0.2) is 6.04 Å². The van der Waals surface area contributed by atoms with E-state index in [0.29, 0.717) is 6.04 Å². The Morgan fingerprint density at radius 1 is 1.27 bits per heavy atom. The van der Waals surface area contributed by atoms with Gasteiger partial charge in [-0.15, -0.1) is 0 Å². The van der Waals surface area contributed by atoms with Crippen LogP contribution in [0.3, 0.4) is 0 Å². The van der Waals surface area contributed by atoms with E-state index in [0.717, 1.165) is 10.4 Å². The fraction of sp³-hybridized carbons (Fsp3) is 0.538. The van der Waals surface area contributed by atoms with E-state index in [1.807, 2.05) is 0 Å². The Kier molecular flexibility index (Phi) is 4.65. The second-order valence-electron chi connectivity index (χ2n) is 4.66. The van der Waals surface area contributed by atoms with Gasteiger partial charge in [-0.25, -0.2) is 0 Å². The molecule has 1 aromatic carbocycles. The molecule has 1 aromatic rings. The van der Waals surface area contributed by atoms with Crippen molar-refractivity contribution in [3.8, 4) is 0 Å². The Morgan fingerprint density at radius 3 is 2.53 bits per heavy atom. The number of anilines is 1. The predicted molar refractivity (Wildman–Crippen MR) is 71.4 cm³/mol. The van der Waals surface area contributed by atoms with Crippen molar-refractivity contribution in [3.05, 3.63) is 28.2 Å². The van der Waals surface area contributed by atoms with Crippen molar-refractivity contribution in [1.29, 1.82) is 0 Å². The van der Waals surface area contributed by atoms with Crippen molar-refractivity contribution >= 4 is 21.6 Å². The van der Waals surface area contributed by atoms with Gasteiger partial charge in [0, 0.05) is 16.2 Å². The summed E-state index contributed by atoms with van der Waals surface area (Å²) < 4.78 is 1.14. The summed E-state index contributed by atoms with van der Waals surface area (Å²) in [5.74, 6) is 0.732. The first kappa shape index (κ1) is 12.6. The van der Waals surface area contributed by atoms with E-state index in [4.69, 9.17) is 0 Å². The summed E-state index contributed by atoms with van der Waals surface area (Å²) in [6.07, 6.45) is 1.19. The molecular weight excluding hydrogens is 250 g/mol. The fourth-order valence-corrected chi connectivity index (χ4v) is 2.14. The highest BCUT2D eigenvalue weighted by Gasteiger charge is 2.06. The molecule has 0 heterocycles. The van der Waals surface area contributed by atoms with Crippen molar-refractivity contribution in [3.63, 3.8) is 0 Å². The van der Waals surface area contributed by atoms with Gasteiger partial charge >= 0.3 is 0 Å². The summed E-state index contributed by atoms with van der Waals surface area (Å²) in [6, 6.07) is 6.91. The van der Waals surface area contributed by atoms with Gasteiger partial charge in [0.2, 0.25) is 0 Å². The number of aryl methyl sites for hydroxylation is 1. The normalized spacial score (nSPS) is 12.9. The first-order valence-corrected chi connectivity index (χ1v) is 6.31. The number of halogens is 1. The third-order valence-corrected chi connectivity index (χ3v) is 3.04. The second kappa shape index (κ2) is 5.55. The number of rotatable bonds is 4. The summed E-state index contributed by atoms with van der Waals surface area (Å²) in [5.41, 5.74) is 2.49. The lowest BCUT2D eigenvalue weighted by Crippen LogP contribution is -2.17. The van der Waals surface area contributed by atoms with Gasteiger partial charge in [0.1, 0.15) is 0 Å². The van der Waals surface area contributed by atoms with Crippen LogP contribution < -0.4 is 5.32 Å². The second-order valence-corrected chi connectivity index (χ2v) is 5.51. The highest BCUT2D eigenvalue weighted by molar-refractivity contribution is 9.10. The molecule has 1 rings (SSSR count). The molecule has 0 fully saturated rings. The standard InChI is InChI=1S/C13H20BrN/c1-9(2)7-11(4)15-13-8-10(3)5-6-12(13)14/h5-6,8-9,11,15H,7H2,1-4H3. The van der Waals surface area contributed by atoms with Crippen molar-refractivity contribution in [2.45, 2.75) is 40.2 Å². The van der Waals surface area contributed by atoms with Crippen molar-refractivity contribution in [2.75, 3.05) is 5.32 Å². The number of hydrogen-bond donors (Lipinski definition) is 1. The van der Waals surface area contributed by atoms with Crippen molar-refractivity contribution in [1.82, 2.24) is 0 Å². The molecule has 84 valence electrons. The van der Waals surface area contributed by atoms with Gasteiger partial charge in [-0.3, -0.25) is 0 Å². The summed E-state index contributed by atoms with van der Waals surface area (Å²) >= 11 is 3.56. The molecule has 0 saturated heterocycles. The minimum atomic E-state index is 0.517. The molecule has 0 spiro atoms. The number of hydrogen-bond acceptors (Lipinski definition) is 1. The van der Waals surface area contributed by atoms with E-state index >= 15 is 0 Å². The molecule has 1 atom stereocenters. The van der Waals surface area contributed by atoms with Gasteiger partial charge in [-0.05, 0) is 59.8 Å². The molecule has 1 nitrogen and oxygen atoms in total.